The van der Waals surface area contributed by atoms with Crippen molar-refractivity contribution in [2.45, 2.75) is 13.5 Å². The SMILES string of the molecule is Cc1nnc(Cl)n1Cc1cccc2ccccc12. The number of aromatic nitrogens is 3. The van der Waals surface area contributed by atoms with E-state index in [-0.39, 0.29) is 0 Å². The fourth-order valence-corrected chi connectivity index (χ4v) is 2.36. The molecule has 3 rings (SSSR count). The quantitative estimate of drug-likeness (QED) is 0.704. The van der Waals surface area contributed by atoms with Gasteiger partial charge in [-0.05, 0) is 34.9 Å². The Balaban J connectivity index is 2.11. The van der Waals surface area contributed by atoms with Gasteiger partial charge in [0.25, 0.3) is 0 Å². The highest BCUT2D eigenvalue weighted by atomic mass is 35.5. The molecule has 0 saturated heterocycles. The maximum Gasteiger partial charge on any atom is 0.225 e. The zero-order valence-corrected chi connectivity index (χ0v) is 10.7. The molecule has 0 aliphatic carbocycles. The largest absolute Gasteiger partial charge is 0.297 e. The summed E-state index contributed by atoms with van der Waals surface area (Å²) >= 11 is 6.04. The van der Waals surface area contributed by atoms with Crippen LogP contribution in [-0.4, -0.2) is 14.8 Å². The number of nitrogens with zero attached hydrogens (tertiary/aromatic N) is 3. The van der Waals surface area contributed by atoms with Gasteiger partial charge in [0.15, 0.2) is 0 Å². The molecule has 0 amide bonds. The van der Waals surface area contributed by atoms with Crippen molar-refractivity contribution in [3.63, 3.8) is 0 Å². The molecule has 0 radical (unpaired) electrons. The summed E-state index contributed by atoms with van der Waals surface area (Å²) in [4.78, 5) is 0. The summed E-state index contributed by atoms with van der Waals surface area (Å²) in [5, 5.41) is 10.7. The first-order valence-corrected chi connectivity index (χ1v) is 6.15. The fraction of sp³-hybridized carbons (Fsp3) is 0.143. The molecule has 3 aromatic rings. The first-order chi connectivity index (χ1) is 8.75. The highest BCUT2D eigenvalue weighted by molar-refractivity contribution is 6.28. The lowest BCUT2D eigenvalue weighted by atomic mass is 10.0. The minimum Gasteiger partial charge on any atom is -0.297 e. The van der Waals surface area contributed by atoms with Crippen LogP contribution in [0.1, 0.15) is 11.4 Å². The van der Waals surface area contributed by atoms with E-state index in [1.807, 2.05) is 23.6 Å². The third kappa shape index (κ3) is 1.87. The van der Waals surface area contributed by atoms with Gasteiger partial charge in [0.1, 0.15) is 5.82 Å². The highest BCUT2D eigenvalue weighted by Gasteiger charge is 2.08. The van der Waals surface area contributed by atoms with Crippen LogP contribution < -0.4 is 0 Å². The van der Waals surface area contributed by atoms with Gasteiger partial charge in [0.05, 0.1) is 6.54 Å². The lowest BCUT2D eigenvalue weighted by molar-refractivity contribution is 0.766. The molecule has 0 spiro atoms. The number of benzene rings is 2. The molecular weight excluding hydrogens is 246 g/mol. The zero-order valence-electron chi connectivity index (χ0n) is 9.97. The predicted molar refractivity (Wildman–Crippen MR) is 72.8 cm³/mol. The van der Waals surface area contributed by atoms with Gasteiger partial charge in [0.2, 0.25) is 5.28 Å². The van der Waals surface area contributed by atoms with Gasteiger partial charge in [-0.25, -0.2) is 0 Å². The van der Waals surface area contributed by atoms with Crippen LogP contribution in [0.3, 0.4) is 0 Å². The minimum absolute atomic E-state index is 0.431. The molecule has 0 aliphatic rings. The van der Waals surface area contributed by atoms with E-state index in [2.05, 4.69) is 40.5 Å². The third-order valence-electron chi connectivity index (χ3n) is 3.10. The molecule has 90 valence electrons. The Kier molecular flexibility index (Phi) is 2.76. The topological polar surface area (TPSA) is 30.7 Å². The summed E-state index contributed by atoms with van der Waals surface area (Å²) in [6.07, 6.45) is 0. The van der Waals surface area contributed by atoms with Crippen molar-refractivity contribution in [1.82, 2.24) is 14.8 Å². The Morgan fingerprint density at radius 1 is 1.06 bits per heavy atom. The molecule has 0 N–H and O–H groups in total. The lowest BCUT2D eigenvalue weighted by Gasteiger charge is -2.08. The van der Waals surface area contributed by atoms with Gasteiger partial charge in [-0.1, -0.05) is 42.5 Å². The van der Waals surface area contributed by atoms with E-state index in [1.54, 1.807) is 0 Å². The van der Waals surface area contributed by atoms with E-state index in [1.165, 1.54) is 16.3 Å². The first kappa shape index (κ1) is 11.2. The molecule has 0 bridgehead atoms. The van der Waals surface area contributed by atoms with Crippen molar-refractivity contribution in [2.75, 3.05) is 0 Å². The molecule has 4 heteroatoms. The van der Waals surface area contributed by atoms with Crippen LogP contribution in [0.25, 0.3) is 10.8 Å². The van der Waals surface area contributed by atoms with Crippen molar-refractivity contribution in [2.24, 2.45) is 0 Å². The summed E-state index contributed by atoms with van der Waals surface area (Å²) in [5.74, 6) is 0.827. The van der Waals surface area contributed by atoms with Gasteiger partial charge >= 0.3 is 0 Å². The van der Waals surface area contributed by atoms with Gasteiger partial charge in [-0.3, -0.25) is 4.57 Å². The van der Waals surface area contributed by atoms with Crippen LogP contribution in [0.4, 0.5) is 0 Å². The maximum atomic E-state index is 6.04. The van der Waals surface area contributed by atoms with Crippen LogP contribution in [0.5, 0.6) is 0 Å². The minimum atomic E-state index is 0.431. The number of aryl methyl sites for hydroxylation is 1. The van der Waals surface area contributed by atoms with E-state index >= 15 is 0 Å². The summed E-state index contributed by atoms with van der Waals surface area (Å²) < 4.78 is 1.91. The number of halogens is 1. The van der Waals surface area contributed by atoms with E-state index in [0.717, 1.165) is 5.82 Å². The summed E-state index contributed by atoms with van der Waals surface area (Å²) in [6, 6.07) is 14.6. The van der Waals surface area contributed by atoms with E-state index in [4.69, 9.17) is 11.6 Å². The summed E-state index contributed by atoms with van der Waals surface area (Å²) in [5.41, 5.74) is 1.22. The summed E-state index contributed by atoms with van der Waals surface area (Å²) in [7, 11) is 0. The Hall–Kier alpha value is -1.87. The molecule has 0 saturated carbocycles. The average Bonchev–Trinajstić information content (AvgIpc) is 2.71. The highest BCUT2D eigenvalue weighted by Crippen LogP contribution is 2.21. The molecule has 0 fully saturated rings. The Morgan fingerprint density at radius 2 is 1.83 bits per heavy atom. The van der Waals surface area contributed by atoms with Gasteiger partial charge < -0.3 is 0 Å². The van der Waals surface area contributed by atoms with Crippen molar-refractivity contribution in [3.05, 3.63) is 59.1 Å². The molecule has 0 aliphatic heterocycles. The molecule has 1 heterocycles. The smallest absolute Gasteiger partial charge is 0.225 e. The van der Waals surface area contributed by atoms with Gasteiger partial charge in [0, 0.05) is 0 Å². The average molecular weight is 258 g/mol. The molecular formula is C14H12ClN3. The van der Waals surface area contributed by atoms with Crippen molar-refractivity contribution >= 4 is 22.4 Å². The second kappa shape index (κ2) is 4.42. The van der Waals surface area contributed by atoms with Crippen molar-refractivity contribution in [3.8, 4) is 0 Å². The molecule has 0 unspecified atom stereocenters. The maximum absolute atomic E-state index is 6.04. The first-order valence-electron chi connectivity index (χ1n) is 5.77. The van der Waals surface area contributed by atoms with Crippen LogP contribution in [0.2, 0.25) is 5.28 Å². The van der Waals surface area contributed by atoms with Crippen LogP contribution in [-0.2, 0) is 6.54 Å². The van der Waals surface area contributed by atoms with Crippen LogP contribution in [0, 0.1) is 6.92 Å². The van der Waals surface area contributed by atoms with Gasteiger partial charge in [-0.2, -0.15) is 0 Å². The number of fused-ring (bicyclic) bond motifs is 1. The Labute approximate surface area is 110 Å². The lowest BCUT2D eigenvalue weighted by Crippen LogP contribution is -2.02. The molecule has 3 nitrogen and oxygen atoms in total. The Bertz CT molecular complexity index is 678. The number of hydrogen-bond acceptors (Lipinski definition) is 2. The Morgan fingerprint density at radius 3 is 2.61 bits per heavy atom. The normalized spacial score (nSPS) is 11.0. The van der Waals surface area contributed by atoms with E-state index < -0.39 is 0 Å². The van der Waals surface area contributed by atoms with Crippen LogP contribution >= 0.6 is 11.6 Å². The second-order valence-corrected chi connectivity index (χ2v) is 4.58. The summed E-state index contributed by atoms with van der Waals surface area (Å²) in [6.45, 7) is 2.60. The van der Waals surface area contributed by atoms with Crippen LogP contribution in [0.15, 0.2) is 42.5 Å². The van der Waals surface area contributed by atoms with E-state index in [9.17, 15) is 0 Å². The molecule has 2 aromatic carbocycles. The third-order valence-corrected chi connectivity index (χ3v) is 3.38. The second-order valence-electron chi connectivity index (χ2n) is 4.24. The zero-order chi connectivity index (χ0) is 12.5. The number of hydrogen-bond donors (Lipinski definition) is 0. The van der Waals surface area contributed by atoms with Crippen molar-refractivity contribution < 1.29 is 0 Å². The monoisotopic (exact) mass is 257 g/mol. The molecule has 1 aromatic heterocycles. The molecule has 18 heavy (non-hydrogen) atoms. The standard InChI is InChI=1S/C14H12ClN3/c1-10-16-17-14(15)18(10)9-12-7-4-6-11-5-2-3-8-13(11)12/h2-8H,9H2,1H3. The predicted octanol–water partition coefficient (Wildman–Crippen LogP) is 3.44. The van der Waals surface area contributed by atoms with Gasteiger partial charge in [-0.15, -0.1) is 10.2 Å². The fourth-order valence-electron chi connectivity index (χ4n) is 2.14. The van der Waals surface area contributed by atoms with E-state index in [0.29, 0.717) is 11.8 Å². The molecule has 0 atom stereocenters. The van der Waals surface area contributed by atoms with Crippen molar-refractivity contribution in [1.29, 1.82) is 0 Å². The number of rotatable bonds is 2.